The molecule has 21 heavy (non-hydrogen) atoms. The topological polar surface area (TPSA) is 58.2 Å². The van der Waals surface area contributed by atoms with Crippen LogP contribution in [0.15, 0.2) is 23.1 Å². The molecule has 4 nitrogen and oxygen atoms in total. The lowest BCUT2D eigenvalue weighted by molar-refractivity contribution is 0.390. The molecule has 0 amide bonds. The van der Waals surface area contributed by atoms with Crippen molar-refractivity contribution >= 4 is 10.0 Å². The molecule has 0 saturated carbocycles. The first-order chi connectivity index (χ1) is 9.85. The normalized spacial score (nSPS) is 13.6. The predicted molar refractivity (Wildman–Crippen MR) is 83.0 cm³/mol. The van der Waals surface area contributed by atoms with Gasteiger partial charge in [-0.3, -0.25) is 0 Å². The Morgan fingerprint density at radius 3 is 2.38 bits per heavy atom. The van der Waals surface area contributed by atoms with E-state index in [-0.39, 0.29) is 16.9 Å². The minimum atomic E-state index is -3.73. The number of nitrogens with one attached hydrogen (secondary N) is 2. The van der Waals surface area contributed by atoms with Crippen molar-refractivity contribution in [2.24, 2.45) is 5.92 Å². The van der Waals surface area contributed by atoms with Gasteiger partial charge >= 0.3 is 0 Å². The Morgan fingerprint density at radius 1 is 1.24 bits per heavy atom. The average Bonchev–Trinajstić information content (AvgIpc) is 2.41. The van der Waals surface area contributed by atoms with E-state index < -0.39 is 15.8 Å². The van der Waals surface area contributed by atoms with Gasteiger partial charge in [0.15, 0.2) is 0 Å². The third-order valence-electron chi connectivity index (χ3n) is 3.78. The molecule has 0 aliphatic carbocycles. The van der Waals surface area contributed by atoms with Crippen LogP contribution in [0.5, 0.6) is 0 Å². The zero-order chi connectivity index (χ0) is 16.0. The van der Waals surface area contributed by atoms with E-state index in [9.17, 15) is 12.8 Å². The average molecular weight is 316 g/mol. The van der Waals surface area contributed by atoms with E-state index in [1.807, 2.05) is 20.8 Å². The Morgan fingerprint density at radius 2 is 1.86 bits per heavy atom. The number of sulfonamides is 1. The van der Waals surface area contributed by atoms with Gasteiger partial charge in [0.1, 0.15) is 5.82 Å². The van der Waals surface area contributed by atoms with Crippen LogP contribution in [-0.2, 0) is 16.6 Å². The SMILES string of the molecule is CCC(CC)C(C)NS(=O)(=O)c1cc(F)ccc1CNC. The molecular weight excluding hydrogens is 291 g/mol. The molecule has 0 aliphatic heterocycles. The third-order valence-corrected chi connectivity index (χ3v) is 5.42. The highest BCUT2D eigenvalue weighted by Gasteiger charge is 2.24. The summed E-state index contributed by atoms with van der Waals surface area (Å²) in [6, 6.07) is 3.67. The summed E-state index contributed by atoms with van der Waals surface area (Å²) < 4.78 is 41.2. The van der Waals surface area contributed by atoms with Crippen molar-refractivity contribution in [2.75, 3.05) is 7.05 Å². The summed E-state index contributed by atoms with van der Waals surface area (Å²) in [7, 11) is -2.01. The fourth-order valence-corrected chi connectivity index (χ4v) is 4.08. The molecule has 0 heterocycles. The van der Waals surface area contributed by atoms with Crippen LogP contribution < -0.4 is 10.0 Å². The first kappa shape index (κ1) is 18.1. The van der Waals surface area contributed by atoms with Crippen LogP contribution in [0.1, 0.15) is 39.2 Å². The minimum Gasteiger partial charge on any atom is -0.316 e. The largest absolute Gasteiger partial charge is 0.316 e. The van der Waals surface area contributed by atoms with Gasteiger partial charge in [-0.1, -0.05) is 32.8 Å². The van der Waals surface area contributed by atoms with Crippen LogP contribution in [0.2, 0.25) is 0 Å². The molecule has 1 unspecified atom stereocenters. The highest BCUT2D eigenvalue weighted by atomic mass is 32.2. The van der Waals surface area contributed by atoms with Crippen molar-refractivity contribution in [2.45, 2.75) is 51.1 Å². The van der Waals surface area contributed by atoms with E-state index in [0.717, 1.165) is 18.9 Å². The van der Waals surface area contributed by atoms with Crippen molar-refractivity contribution in [1.82, 2.24) is 10.0 Å². The van der Waals surface area contributed by atoms with Gasteiger partial charge in [0.2, 0.25) is 10.0 Å². The second kappa shape index (κ2) is 7.87. The molecule has 1 aromatic rings. The molecule has 0 aliphatic rings. The van der Waals surface area contributed by atoms with Gasteiger partial charge in [0, 0.05) is 12.6 Å². The van der Waals surface area contributed by atoms with E-state index in [1.54, 1.807) is 7.05 Å². The zero-order valence-electron chi connectivity index (χ0n) is 13.1. The smallest absolute Gasteiger partial charge is 0.241 e. The monoisotopic (exact) mass is 316 g/mol. The predicted octanol–water partition coefficient (Wildman–Crippen LogP) is 2.65. The Bertz CT molecular complexity index is 557. The maximum Gasteiger partial charge on any atom is 0.241 e. The number of halogens is 1. The molecule has 0 saturated heterocycles. The van der Waals surface area contributed by atoms with Gasteiger partial charge in [0.25, 0.3) is 0 Å². The van der Waals surface area contributed by atoms with Gasteiger partial charge in [-0.25, -0.2) is 17.5 Å². The highest BCUT2D eigenvalue weighted by molar-refractivity contribution is 7.89. The fourth-order valence-electron chi connectivity index (χ4n) is 2.52. The number of benzene rings is 1. The number of hydrogen-bond donors (Lipinski definition) is 2. The zero-order valence-corrected chi connectivity index (χ0v) is 13.9. The summed E-state index contributed by atoms with van der Waals surface area (Å²) in [5.41, 5.74) is 0.558. The van der Waals surface area contributed by atoms with Crippen LogP contribution in [0, 0.1) is 11.7 Å². The second-order valence-corrected chi connectivity index (χ2v) is 6.95. The summed E-state index contributed by atoms with van der Waals surface area (Å²) >= 11 is 0. The van der Waals surface area contributed by atoms with Crippen LogP contribution >= 0.6 is 0 Å². The van der Waals surface area contributed by atoms with E-state index >= 15 is 0 Å². The highest BCUT2D eigenvalue weighted by Crippen LogP contribution is 2.20. The molecule has 120 valence electrons. The molecule has 0 aromatic heterocycles. The second-order valence-electron chi connectivity index (χ2n) is 5.27. The van der Waals surface area contributed by atoms with Gasteiger partial charge in [-0.2, -0.15) is 0 Å². The molecule has 0 bridgehead atoms. The molecule has 1 aromatic carbocycles. The van der Waals surface area contributed by atoms with Crippen LogP contribution in [0.3, 0.4) is 0 Å². The fraction of sp³-hybridized carbons (Fsp3) is 0.600. The third kappa shape index (κ3) is 4.76. The molecular formula is C15H25FN2O2S. The van der Waals surface area contributed by atoms with E-state index in [4.69, 9.17) is 0 Å². The minimum absolute atomic E-state index is 0.00894. The lowest BCUT2D eigenvalue weighted by atomic mass is 9.96. The summed E-state index contributed by atoms with van der Waals surface area (Å²) in [5, 5.41) is 2.90. The lowest BCUT2D eigenvalue weighted by Gasteiger charge is -2.23. The standard InChI is InChI=1S/C15H25FN2O2S/c1-5-12(6-2)11(3)18-21(19,20)15-9-14(16)8-7-13(15)10-17-4/h7-9,11-12,17-18H,5-6,10H2,1-4H3. The molecule has 1 atom stereocenters. The van der Waals surface area contributed by atoms with Crippen molar-refractivity contribution in [3.63, 3.8) is 0 Å². The summed E-state index contributed by atoms with van der Waals surface area (Å²) in [6.45, 7) is 6.29. The number of rotatable bonds is 8. The van der Waals surface area contributed by atoms with Gasteiger partial charge in [-0.15, -0.1) is 0 Å². The first-order valence-corrected chi connectivity index (χ1v) is 8.79. The van der Waals surface area contributed by atoms with Crippen LogP contribution in [0.25, 0.3) is 0 Å². The Kier molecular flexibility index (Phi) is 6.77. The van der Waals surface area contributed by atoms with Gasteiger partial charge < -0.3 is 5.32 Å². The van der Waals surface area contributed by atoms with Crippen molar-refractivity contribution in [3.05, 3.63) is 29.6 Å². The van der Waals surface area contributed by atoms with E-state index in [0.29, 0.717) is 12.1 Å². The Balaban J connectivity index is 3.10. The van der Waals surface area contributed by atoms with Crippen molar-refractivity contribution in [1.29, 1.82) is 0 Å². The molecule has 0 radical (unpaired) electrons. The van der Waals surface area contributed by atoms with E-state index in [2.05, 4.69) is 10.0 Å². The maximum absolute atomic E-state index is 13.4. The molecule has 2 N–H and O–H groups in total. The maximum atomic E-state index is 13.4. The van der Waals surface area contributed by atoms with E-state index in [1.165, 1.54) is 12.1 Å². The van der Waals surface area contributed by atoms with Gasteiger partial charge in [0.05, 0.1) is 4.90 Å². The molecule has 1 rings (SSSR count). The summed E-state index contributed by atoms with van der Waals surface area (Å²) in [6.07, 6.45) is 1.79. The molecule has 0 spiro atoms. The lowest BCUT2D eigenvalue weighted by Crippen LogP contribution is -2.38. The van der Waals surface area contributed by atoms with Crippen molar-refractivity contribution in [3.8, 4) is 0 Å². The van der Waals surface area contributed by atoms with Crippen LogP contribution in [0.4, 0.5) is 4.39 Å². The quantitative estimate of drug-likeness (QED) is 0.775. The Hall–Kier alpha value is -0.980. The number of hydrogen-bond acceptors (Lipinski definition) is 3. The molecule has 6 heteroatoms. The van der Waals surface area contributed by atoms with Crippen LogP contribution in [-0.4, -0.2) is 21.5 Å². The summed E-state index contributed by atoms with van der Waals surface area (Å²) in [4.78, 5) is 0.00894. The molecule has 0 fully saturated rings. The summed E-state index contributed by atoms with van der Waals surface area (Å²) in [5.74, 6) is -0.286. The van der Waals surface area contributed by atoms with Gasteiger partial charge in [-0.05, 0) is 37.6 Å². The van der Waals surface area contributed by atoms with Crippen molar-refractivity contribution < 1.29 is 12.8 Å². The first-order valence-electron chi connectivity index (χ1n) is 7.31. The Labute approximate surface area is 127 Å².